The van der Waals surface area contributed by atoms with Crippen molar-refractivity contribution >= 4 is 5.91 Å². The zero-order valence-corrected chi connectivity index (χ0v) is 11.8. The van der Waals surface area contributed by atoms with Gasteiger partial charge in [-0.15, -0.1) is 0 Å². The van der Waals surface area contributed by atoms with Gasteiger partial charge in [-0.05, 0) is 68.6 Å². The highest BCUT2D eigenvalue weighted by Crippen LogP contribution is 2.53. The molecule has 106 valence electrons. The van der Waals surface area contributed by atoms with Crippen molar-refractivity contribution in [2.24, 2.45) is 23.7 Å². The lowest BCUT2D eigenvalue weighted by Crippen LogP contribution is -2.56. The number of nitrogens with one attached hydrogen (secondary N) is 1. The van der Waals surface area contributed by atoms with E-state index < -0.39 is 0 Å². The minimum absolute atomic E-state index is 0.339. The number of rotatable bonds is 3. The lowest BCUT2D eigenvalue weighted by Gasteiger charge is -2.54. The van der Waals surface area contributed by atoms with E-state index in [9.17, 15) is 4.79 Å². The monoisotopic (exact) mass is 262 g/mol. The Morgan fingerprint density at radius 3 is 2.11 bits per heavy atom. The van der Waals surface area contributed by atoms with Gasteiger partial charge in [0.1, 0.15) is 0 Å². The van der Waals surface area contributed by atoms with Crippen molar-refractivity contribution in [1.82, 2.24) is 10.2 Å². The van der Waals surface area contributed by atoms with Crippen LogP contribution >= 0.6 is 0 Å². The Balaban J connectivity index is 1.34. The molecular weight excluding hydrogens is 236 g/mol. The second-order valence-electron chi connectivity index (χ2n) is 7.43. The Labute approximate surface area is 116 Å². The fourth-order valence-electron chi connectivity index (χ4n) is 5.54. The summed E-state index contributed by atoms with van der Waals surface area (Å²) < 4.78 is 0. The molecular formula is C16H26N2O. The molecule has 4 saturated carbocycles. The van der Waals surface area contributed by atoms with E-state index in [0.717, 1.165) is 36.8 Å². The highest BCUT2D eigenvalue weighted by Gasteiger charge is 2.48. The zero-order valence-electron chi connectivity index (χ0n) is 11.8. The van der Waals surface area contributed by atoms with Crippen molar-refractivity contribution in [2.75, 3.05) is 19.6 Å². The fraction of sp³-hybridized carbons (Fsp3) is 0.938. The van der Waals surface area contributed by atoms with Crippen LogP contribution in [0.2, 0.25) is 0 Å². The Bertz CT molecular complexity index is 334. The van der Waals surface area contributed by atoms with Crippen molar-refractivity contribution in [3.63, 3.8) is 0 Å². The summed E-state index contributed by atoms with van der Waals surface area (Å²) in [7, 11) is 0. The summed E-state index contributed by atoms with van der Waals surface area (Å²) in [6.45, 7) is 2.57. The van der Waals surface area contributed by atoms with E-state index in [4.69, 9.17) is 0 Å². The van der Waals surface area contributed by atoms with E-state index in [-0.39, 0.29) is 0 Å². The van der Waals surface area contributed by atoms with Crippen LogP contribution in [0, 0.1) is 23.7 Å². The molecule has 3 heteroatoms. The molecule has 0 radical (unpaired) electrons. The first-order valence-corrected chi connectivity index (χ1v) is 8.31. The lowest BCUT2D eigenvalue weighted by atomic mass is 9.54. The molecule has 5 fully saturated rings. The van der Waals surface area contributed by atoms with Crippen molar-refractivity contribution in [3.05, 3.63) is 0 Å². The minimum Gasteiger partial charge on any atom is -0.342 e. The first kappa shape index (κ1) is 12.2. The van der Waals surface area contributed by atoms with Gasteiger partial charge < -0.3 is 10.2 Å². The molecule has 5 aliphatic rings. The van der Waals surface area contributed by atoms with Crippen LogP contribution in [0.15, 0.2) is 0 Å². The van der Waals surface area contributed by atoms with E-state index in [0.29, 0.717) is 18.5 Å². The van der Waals surface area contributed by atoms with Crippen LogP contribution < -0.4 is 5.32 Å². The number of carbonyl (C=O) groups excluding carboxylic acids is 1. The lowest BCUT2D eigenvalue weighted by molar-refractivity contribution is -0.129. The van der Waals surface area contributed by atoms with Gasteiger partial charge in [-0.3, -0.25) is 4.79 Å². The molecule has 4 aliphatic carbocycles. The van der Waals surface area contributed by atoms with Gasteiger partial charge in [-0.25, -0.2) is 0 Å². The average Bonchev–Trinajstić information content (AvgIpc) is 2.90. The van der Waals surface area contributed by atoms with E-state index in [1.54, 1.807) is 0 Å². The minimum atomic E-state index is 0.339. The summed E-state index contributed by atoms with van der Waals surface area (Å²) in [6, 6.07) is 0.652. The molecule has 0 aromatic rings. The normalized spacial score (nSPS) is 44.0. The molecule has 4 bridgehead atoms. The van der Waals surface area contributed by atoms with Crippen molar-refractivity contribution < 1.29 is 4.79 Å². The third-order valence-corrected chi connectivity index (χ3v) is 6.17. The van der Waals surface area contributed by atoms with Gasteiger partial charge in [-0.2, -0.15) is 0 Å². The Morgan fingerprint density at radius 1 is 0.947 bits per heavy atom. The van der Waals surface area contributed by atoms with Gasteiger partial charge in [0.2, 0.25) is 5.91 Å². The van der Waals surface area contributed by atoms with E-state index in [2.05, 4.69) is 5.32 Å². The van der Waals surface area contributed by atoms with Gasteiger partial charge in [0.25, 0.3) is 0 Å². The van der Waals surface area contributed by atoms with Gasteiger partial charge >= 0.3 is 0 Å². The average molecular weight is 262 g/mol. The number of likely N-dealkylation sites (tertiary alicyclic amines) is 1. The molecule has 0 atom stereocenters. The smallest absolute Gasteiger partial charge is 0.236 e. The summed E-state index contributed by atoms with van der Waals surface area (Å²) in [6.07, 6.45) is 9.64. The van der Waals surface area contributed by atoms with Crippen LogP contribution in [0.3, 0.4) is 0 Å². The molecule has 5 rings (SSSR count). The maximum absolute atomic E-state index is 12.1. The van der Waals surface area contributed by atoms with E-state index in [1.807, 2.05) is 4.90 Å². The van der Waals surface area contributed by atoms with Crippen molar-refractivity contribution in [3.8, 4) is 0 Å². The predicted octanol–water partition coefficient (Wildman–Crippen LogP) is 2.02. The third kappa shape index (κ3) is 2.20. The molecule has 1 N–H and O–H groups in total. The number of amides is 1. The summed E-state index contributed by atoms with van der Waals surface area (Å²) in [4.78, 5) is 14.2. The highest BCUT2D eigenvalue weighted by atomic mass is 16.2. The number of hydrogen-bond acceptors (Lipinski definition) is 2. The predicted molar refractivity (Wildman–Crippen MR) is 74.6 cm³/mol. The molecule has 19 heavy (non-hydrogen) atoms. The summed E-state index contributed by atoms with van der Waals surface area (Å²) in [5, 5.41) is 3.65. The molecule has 1 aliphatic heterocycles. The first-order valence-electron chi connectivity index (χ1n) is 8.31. The third-order valence-electron chi connectivity index (χ3n) is 6.17. The van der Waals surface area contributed by atoms with Crippen LogP contribution in [-0.4, -0.2) is 36.5 Å². The number of nitrogens with zero attached hydrogens (tertiary/aromatic N) is 1. The second kappa shape index (κ2) is 4.76. The SMILES string of the molecule is O=C(CNC1C2CC3CC(C2)CC1C3)N1CCCC1. The van der Waals surface area contributed by atoms with Gasteiger partial charge in [0, 0.05) is 19.1 Å². The van der Waals surface area contributed by atoms with Crippen LogP contribution in [0.25, 0.3) is 0 Å². The molecule has 0 aromatic heterocycles. The highest BCUT2D eigenvalue weighted by molar-refractivity contribution is 5.78. The van der Waals surface area contributed by atoms with Crippen molar-refractivity contribution in [1.29, 1.82) is 0 Å². The molecule has 1 heterocycles. The maximum Gasteiger partial charge on any atom is 0.236 e. The number of hydrogen-bond donors (Lipinski definition) is 1. The molecule has 0 spiro atoms. The molecule has 0 unspecified atom stereocenters. The molecule has 1 amide bonds. The Morgan fingerprint density at radius 2 is 1.53 bits per heavy atom. The van der Waals surface area contributed by atoms with Gasteiger partial charge in [-0.1, -0.05) is 0 Å². The van der Waals surface area contributed by atoms with E-state index >= 15 is 0 Å². The van der Waals surface area contributed by atoms with Crippen LogP contribution in [0.5, 0.6) is 0 Å². The topological polar surface area (TPSA) is 32.3 Å². The summed E-state index contributed by atoms with van der Waals surface area (Å²) in [5.74, 6) is 4.14. The standard InChI is InChI=1S/C16H26N2O/c19-15(18-3-1-2-4-18)10-17-16-13-6-11-5-12(8-13)9-14(16)7-11/h11-14,16-17H,1-10H2. The molecule has 0 aromatic carbocycles. The van der Waals surface area contributed by atoms with Crippen LogP contribution in [0.1, 0.15) is 44.9 Å². The zero-order chi connectivity index (χ0) is 12.8. The quantitative estimate of drug-likeness (QED) is 0.844. The fourth-order valence-corrected chi connectivity index (χ4v) is 5.54. The maximum atomic E-state index is 12.1. The number of carbonyl (C=O) groups is 1. The largest absolute Gasteiger partial charge is 0.342 e. The van der Waals surface area contributed by atoms with Crippen molar-refractivity contribution in [2.45, 2.75) is 51.0 Å². The van der Waals surface area contributed by atoms with Gasteiger partial charge in [0.05, 0.1) is 6.54 Å². The van der Waals surface area contributed by atoms with Crippen LogP contribution in [0.4, 0.5) is 0 Å². The summed E-state index contributed by atoms with van der Waals surface area (Å²) >= 11 is 0. The molecule has 1 saturated heterocycles. The Kier molecular flexibility index (Phi) is 3.06. The first-order chi connectivity index (χ1) is 9.29. The van der Waals surface area contributed by atoms with E-state index in [1.165, 1.54) is 44.9 Å². The van der Waals surface area contributed by atoms with Gasteiger partial charge in [0.15, 0.2) is 0 Å². The summed E-state index contributed by atoms with van der Waals surface area (Å²) in [5.41, 5.74) is 0. The second-order valence-corrected chi connectivity index (χ2v) is 7.43. The van der Waals surface area contributed by atoms with Crippen LogP contribution in [-0.2, 0) is 4.79 Å². The molecule has 3 nitrogen and oxygen atoms in total. The Hall–Kier alpha value is -0.570.